The van der Waals surface area contributed by atoms with Crippen LogP contribution in [0.1, 0.15) is 16.8 Å². The lowest BCUT2D eigenvalue weighted by molar-refractivity contribution is 0.0790. The zero-order chi connectivity index (χ0) is 14.4. The van der Waals surface area contributed by atoms with E-state index in [1.807, 2.05) is 14.1 Å². The second-order valence-corrected chi connectivity index (χ2v) is 4.88. The van der Waals surface area contributed by atoms with Crippen LogP contribution in [0.25, 0.3) is 0 Å². The smallest absolute Gasteiger partial charge is 0.253 e. The summed E-state index contributed by atoms with van der Waals surface area (Å²) in [6.07, 6.45) is 0.939. The number of hydrogen-bond acceptors (Lipinski definition) is 4. The fourth-order valence-electron chi connectivity index (χ4n) is 1.81. The highest BCUT2D eigenvalue weighted by atomic mass is 16.5. The molecule has 2 N–H and O–H groups in total. The van der Waals surface area contributed by atoms with Gasteiger partial charge in [-0.05, 0) is 39.2 Å². The normalized spacial score (nSPS) is 10.6. The van der Waals surface area contributed by atoms with Gasteiger partial charge in [0.05, 0.1) is 7.11 Å². The standard InChI is InChI=1S/C14H23N3O2/c1-16(2)6-5-7-17(3)14(18)11-8-12(15)10-13(9-11)19-4/h8-10H,5-7,15H2,1-4H3. The molecule has 0 aliphatic heterocycles. The summed E-state index contributed by atoms with van der Waals surface area (Å²) < 4.78 is 5.12. The van der Waals surface area contributed by atoms with Crippen molar-refractivity contribution in [1.82, 2.24) is 9.80 Å². The summed E-state index contributed by atoms with van der Waals surface area (Å²) >= 11 is 0. The van der Waals surface area contributed by atoms with Crippen molar-refractivity contribution in [3.05, 3.63) is 23.8 Å². The van der Waals surface area contributed by atoms with Crippen molar-refractivity contribution in [3.8, 4) is 5.75 Å². The predicted octanol–water partition coefficient (Wildman–Crippen LogP) is 1.30. The van der Waals surface area contributed by atoms with Crippen LogP contribution in [-0.4, -0.2) is 57.0 Å². The van der Waals surface area contributed by atoms with E-state index in [2.05, 4.69) is 4.90 Å². The number of ether oxygens (including phenoxy) is 1. The van der Waals surface area contributed by atoms with Gasteiger partial charge in [-0.1, -0.05) is 0 Å². The second kappa shape index (κ2) is 6.99. The lowest BCUT2D eigenvalue weighted by Gasteiger charge is -2.19. The zero-order valence-corrected chi connectivity index (χ0v) is 12.1. The molecule has 0 unspecified atom stereocenters. The first-order valence-corrected chi connectivity index (χ1v) is 6.28. The number of nitrogens with two attached hydrogens (primary N) is 1. The van der Waals surface area contributed by atoms with Gasteiger partial charge in [0, 0.05) is 30.9 Å². The maximum atomic E-state index is 12.2. The third-order valence-corrected chi connectivity index (χ3v) is 2.86. The summed E-state index contributed by atoms with van der Waals surface area (Å²) in [4.78, 5) is 16.0. The lowest BCUT2D eigenvalue weighted by atomic mass is 10.1. The van der Waals surface area contributed by atoms with Crippen molar-refractivity contribution in [2.75, 3.05) is 47.1 Å². The van der Waals surface area contributed by atoms with Crippen LogP contribution in [0.3, 0.4) is 0 Å². The van der Waals surface area contributed by atoms with Crippen LogP contribution in [0, 0.1) is 0 Å². The third kappa shape index (κ3) is 4.79. The molecule has 1 rings (SSSR count). The van der Waals surface area contributed by atoms with E-state index in [0.29, 0.717) is 23.5 Å². The van der Waals surface area contributed by atoms with E-state index in [1.54, 1.807) is 37.3 Å². The molecule has 106 valence electrons. The van der Waals surface area contributed by atoms with Crippen LogP contribution < -0.4 is 10.5 Å². The van der Waals surface area contributed by atoms with E-state index in [-0.39, 0.29) is 5.91 Å². The molecule has 0 radical (unpaired) electrons. The second-order valence-electron chi connectivity index (χ2n) is 4.88. The molecule has 0 aliphatic carbocycles. The van der Waals surface area contributed by atoms with Crippen molar-refractivity contribution in [2.45, 2.75) is 6.42 Å². The van der Waals surface area contributed by atoms with Gasteiger partial charge in [-0.3, -0.25) is 4.79 Å². The molecule has 1 aromatic carbocycles. The first-order chi connectivity index (χ1) is 8.93. The first-order valence-electron chi connectivity index (χ1n) is 6.28. The molecule has 0 saturated carbocycles. The highest BCUT2D eigenvalue weighted by Gasteiger charge is 2.13. The number of amides is 1. The van der Waals surface area contributed by atoms with Gasteiger partial charge >= 0.3 is 0 Å². The molecular weight excluding hydrogens is 242 g/mol. The third-order valence-electron chi connectivity index (χ3n) is 2.86. The summed E-state index contributed by atoms with van der Waals surface area (Å²) in [5.41, 5.74) is 6.85. The van der Waals surface area contributed by atoms with Crippen LogP contribution >= 0.6 is 0 Å². The fourth-order valence-corrected chi connectivity index (χ4v) is 1.81. The van der Waals surface area contributed by atoms with Gasteiger partial charge in [0.1, 0.15) is 5.75 Å². The quantitative estimate of drug-likeness (QED) is 0.788. The Bertz CT molecular complexity index is 433. The monoisotopic (exact) mass is 265 g/mol. The van der Waals surface area contributed by atoms with Crippen LogP contribution in [0.5, 0.6) is 5.75 Å². The van der Waals surface area contributed by atoms with Gasteiger partial charge in [-0.2, -0.15) is 0 Å². The Morgan fingerprint density at radius 3 is 2.47 bits per heavy atom. The van der Waals surface area contributed by atoms with E-state index in [1.165, 1.54) is 0 Å². The van der Waals surface area contributed by atoms with E-state index in [9.17, 15) is 4.79 Å². The number of methoxy groups -OCH3 is 1. The van der Waals surface area contributed by atoms with Crippen molar-refractivity contribution >= 4 is 11.6 Å². The van der Waals surface area contributed by atoms with Gasteiger partial charge in [0.2, 0.25) is 0 Å². The van der Waals surface area contributed by atoms with Gasteiger partial charge in [-0.25, -0.2) is 0 Å². The van der Waals surface area contributed by atoms with Gasteiger partial charge in [0.15, 0.2) is 0 Å². The largest absolute Gasteiger partial charge is 0.497 e. The molecule has 0 heterocycles. The number of hydrogen-bond donors (Lipinski definition) is 1. The molecule has 0 fully saturated rings. The number of nitrogen functional groups attached to an aromatic ring is 1. The van der Waals surface area contributed by atoms with Crippen LogP contribution in [0.15, 0.2) is 18.2 Å². The maximum absolute atomic E-state index is 12.2. The molecule has 0 aliphatic rings. The van der Waals surface area contributed by atoms with Gasteiger partial charge in [-0.15, -0.1) is 0 Å². The van der Waals surface area contributed by atoms with Gasteiger partial charge in [0.25, 0.3) is 5.91 Å². The van der Waals surface area contributed by atoms with Crippen LogP contribution in [0.4, 0.5) is 5.69 Å². The summed E-state index contributed by atoms with van der Waals surface area (Å²) in [7, 11) is 7.40. The highest BCUT2D eigenvalue weighted by molar-refractivity contribution is 5.95. The number of nitrogens with zero attached hydrogens (tertiary/aromatic N) is 2. The first kappa shape index (κ1) is 15.3. The molecule has 1 amide bonds. The summed E-state index contributed by atoms with van der Waals surface area (Å²) in [5.74, 6) is 0.564. The Balaban J connectivity index is 2.68. The van der Waals surface area contributed by atoms with E-state index in [4.69, 9.17) is 10.5 Å². The molecule has 0 bridgehead atoms. The van der Waals surface area contributed by atoms with E-state index < -0.39 is 0 Å². The molecular formula is C14H23N3O2. The Morgan fingerprint density at radius 1 is 1.21 bits per heavy atom. The topological polar surface area (TPSA) is 58.8 Å². The number of carbonyl (C=O) groups excluding carboxylic acids is 1. The van der Waals surface area contributed by atoms with Crippen molar-refractivity contribution in [3.63, 3.8) is 0 Å². The Morgan fingerprint density at radius 2 is 1.89 bits per heavy atom. The minimum Gasteiger partial charge on any atom is -0.497 e. The van der Waals surface area contributed by atoms with Crippen LogP contribution in [-0.2, 0) is 0 Å². The minimum atomic E-state index is -0.0376. The fraction of sp³-hybridized carbons (Fsp3) is 0.500. The average Bonchev–Trinajstić information content (AvgIpc) is 2.36. The number of benzene rings is 1. The highest BCUT2D eigenvalue weighted by Crippen LogP contribution is 2.19. The summed E-state index contributed by atoms with van der Waals surface area (Å²) in [6.45, 7) is 1.67. The zero-order valence-electron chi connectivity index (χ0n) is 12.1. The molecule has 0 atom stereocenters. The van der Waals surface area contributed by atoms with Crippen molar-refractivity contribution in [2.24, 2.45) is 0 Å². The van der Waals surface area contributed by atoms with Crippen molar-refractivity contribution in [1.29, 1.82) is 0 Å². The molecule has 19 heavy (non-hydrogen) atoms. The van der Waals surface area contributed by atoms with Crippen LogP contribution in [0.2, 0.25) is 0 Å². The molecule has 0 aromatic heterocycles. The van der Waals surface area contributed by atoms with Crippen molar-refractivity contribution < 1.29 is 9.53 Å². The molecule has 1 aromatic rings. The molecule has 0 spiro atoms. The summed E-state index contributed by atoms with van der Waals surface area (Å²) in [5, 5.41) is 0. The molecule has 5 heteroatoms. The van der Waals surface area contributed by atoms with Gasteiger partial charge < -0.3 is 20.3 Å². The number of carbonyl (C=O) groups is 1. The average molecular weight is 265 g/mol. The predicted molar refractivity (Wildman–Crippen MR) is 77.5 cm³/mol. The number of rotatable bonds is 6. The Kier molecular flexibility index (Phi) is 5.63. The Hall–Kier alpha value is -1.75. The molecule has 0 saturated heterocycles. The Labute approximate surface area is 114 Å². The molecule has 5 nitrogen and oxygen atoms in total. The maximum Gasteiger partial charge on any atom is 0.253 e. The van der Waals surface area contributed by atoms with E-state index >= 15 is 0 Å². The number of anilines is 1. The summed E-state index contributed by atoms with van der Waals surface area (Å²) in [6, 6.07) is 5.08. The minimum absolute atomic E-state index is 0.0376. The lowest BCUT2D eigenvalue weighted by Crippen LogP contribution is -2.29. The SMILES string of the molecule is COc1cc(N)cc(C(=O)N(C)CCCN(C)C)c1. The van der Waals surface area contributed by atoms with E-state index in [0.717, 1.165) is 13.0 Å².